The van der Waals surface area contributed by atoms with Crippen molar-refractivity contribution in [2.24, 2.45) is 23.7 Å². The molecule has 0 radical (unpaired) electrons. The van der Waals surface area contributed by atoms with Gasteiger partial charge in [-0.1, -0.05) is 254 Å². The van der Waals surface area contributed by atoms with E-state index in [4.69, 9.17) is 37.0 Å². The molecular weight excluding hydrogens is 1100 g/mol. The van der Waals surface area contributed by atoms with Crippen molar-refractivity contribution < 1.29 is 80.2 Å². The summed E-state index contributed by atoms with van der Waals surface area (Å²) in [7, 11) is -9.89. The lowest BCUT2D eigenvalue weighted by atomic mass is 9.99. The average molecular weight is 1230 g/mol. The van der Waals surface area contributed by atoms with Gasteiger partial charge in [0.25, 0.3) is 0 Å². The molecule has 0 rings (SSSR count). The molecule has 0 bridgehead atoms. The molecule has 0 saturated heterocycles. The molecule has 19 heteroatoms. The molecule has 0 aliphatic carbocycles. The van der Waals surface area contributed by atoms with Crippen LogP contribution in [0.2, 0.25) is 0 Å². The Bertz CT molecular complexity index is 1670. The lowest BCUT2D eigenvalue weighted by Gasteiger charge is -2.21. The highest BCUT2D eigenvalue weighted by Gasteiger charge is 2.30. The number of aliphatic hydroxyl groups is 1. The average Bonchev–Trinajstić information content (AvgIpc) is 3.44. The third kappa shape index (κ3) is 56.3. The van der Waals surface area contributed by atoms with E-state index in [9.17, 15) is 43.2 Å². The maximum atomic E-state index is 13.0. The minimum Gasteiger partial charge on any atom is -0.462 e. The topological polar surface area (TPSA) is 237 Å². The minimum absolute atomic E-state index is 0.102. The molecule has 0 amide bonds. The Morgan fingerprint density at radius 1 is 0.337 bits per heavy atom. The van der Waals surface area contributed by atoms with E-state index < -0.39 is 97.5 Å². The van der Waals surface area contributed by atoms with Gasteiger partial charge in [0.05, 0.1) is 26.4 Å². The summed E-state index contributed by atoms with van der Waals surface area (Å²) >= 11 is 0. The van der Waals surface area contributed by atoms with Gasteiger partial charge in [-0.2, -0.15) is 0 Å². The first-order valence-electron chi connectivity index (χ1n) is 33.3. The fourth-order valence-corrected chi connectivity index (χ4v) is 10.9. The van der Waals surface area contributed by atoms with Crippen molar-refractivity contribution in [3.05, 3.63) is 0 Å². The predicted octanol–water partition coefficient (Wildman–Crippen LogP) is 17.4. The summed E-state index contributed by atoms with van der Waals surface area (Å²) in [6.45, 7) is 13.9. The number of phosphoric ester groups is 2. The molecule has 0 spiro atoms. The lowest BCUT2D eigenvalue weighted by molar-refractivity contribution is -0.161. The molecule has 0 fully saturated rings. The van der Waals surface area contributed by atoms with Crippen molar-refractivity contribution in [1.29, 1.82) is 0 Å². The van der Waals surface area contributed by atoms with Gasteiger partial charge in [0.1, 0.15) is 19.3 Å². The number of hydrogen-bond donors (Lipinski definition) is 3. The monoisotopic (exact) mass is 1230 g/mol. The van der Waals surface area contributed by atoms with Crippen LogP contribution in [0.25, 0.3) is 0 Å². The Morgan fingerprint density at radius 2 is 0.578 bits per heavy atom. The van der Waals surface area contributed by atoms with E-state index in [-0.39, 0.29) is 25.7 Å². The molecule has 17 nitrogen and oxygen atoms in total. The first kappa shape index (κ1) is 81.1. The van der Waals surface area contributed by atoms with Gasteiger partial charge in [-0.05, 0) is 49.4 Å². The van der Waals surface area contributed by atoms with E-state index in [1.807, 2.05) is 0 Å². The Kier molecular flexibility index (Phi) is 53.0. The van der Waals surface area contributed by atoms with E-state index in [1.165, 1.54) is 96.3 Å². The number of aliphatic hydroxyl groups excluding tert-OH is 1. The number of carbonyl (C=O) groups excluding carboxylic acids is 4. The lowest BCUT2D eigenvalue weighted by Crippen LogP contribution is -2.30. The molecule has 0 saturated carbocycles. The van der Waals surface area contributed by atoms with Crippen molar-refractivity contribution in [1.82, 2.24) is 0 Å². The molecule has 0 aliphatic rings. The summed E-state index contributed by atoms with van der Waals surface area (Å²) in [5.74, 6) is 0.766. The molecule has 0 heterocycles. The molecule has 0 aromatic rings. The molecule has 4 unspecified atom stereocenters. The van der Waals surface area contributed by atoms with Crippen molar-refractivity contribution in [2.75, 3.05) is 39.6 Å². The second kappa shape index (κ2) is 54.2. The maximum absolute atomic E-state index is 13.0. The Labute approximate surface area is 505 Å². The van der Waals surface area contributed by atoms with Gasteiger partial charge in [-0.3, -0.25) is 37.3 Å². The summed E-state index contributed by atoms with van der Waals surface area (Å²) in [5, 5.41) is 10.5. The van der Waals surface area contributed by atoms with E-state index in [0.29, 0.717) is 37.5 Å². The minimum atomic E-state index is -4.95. The Balaban J connectivity index is 5.25. The van der Waals surface area contributed by atoms with E-state index in [0.717, 1.165) is 115 Å². The summed E-state index contributed by atoms with van der Waals surface area (Å²) in [4.78, 5) is 72.2. The summed E-state index contributed by atoms with van der Waals surface area (Å²) in [6, 6.07) is 0. The van der Waals surface area contributed by atoms with Crippen LogP contribution in [-0.2, 0) is 65.4 Å². The quantitative estimate of drug-likeness (QED) is 0.0222. The second-order valence-corrected chi connectivity index (χ2v) is 27.5. The van der Waals surface area contributed by atoms with Crippen LogP contribution in [0, 0.1) is 23.7 Å². The first-order valence-corrected chi connectivity index (χ1v) is 36.3. The van der Waals surface area contributed by atoms with Crippen LogP contribution in [0.15, 0.2) is 0 Å². The molecule has 492 valence electrons. The van der Waals surface area contributed by atoms with Gasteiger partial charge in [0.15, 0.2) is 12.2 Å². The van der Waals surface area contributed by atoms with Crippen molar-refractivity contribution >= 4 is 39.5 Å². The number of esters is 4. The number of rotatable bonds is 61. The molecule has 0 aromatic heterocycles. The number of ether oxygens (including phenoxy) is 4. The zero-order valence-corrected chi connectivity index (χ0v) is 55.6. The number of carbonyl (C=O) groups is 4. The number of hydrogen-bond acceptors (Lipinski definition) is 15. The largest absolute Gasteiger partial charge is 0.472 e. The highest BCUT2D eigenvalue weighted by atomic mass is 31.2. The van der Waals surface area contributed by atoms with Gasteiger partial charge < -0.3 is 33.8 Å². The van der Waals surface area contributed by atoms with Gasteiger partial charge in [0.2, 0.25) is 0 Å². The molecule has 7 atom stereocenters. The Hall–Kier alpha value is -1.94. The molecule has 3 N–H and O–H groups in total. The van der Waals surface area contributed by atoms with Crippen molar-refractivity contribution in [3.63, 3.8) is 0 Å². The highest BCUT2D eigenvalue weighted by Crippen LogP contribution is 2.45. The van der Waals surface area contributed by atoms with Gasteiger partial charge in [-0.25, -0.2) is 9.13 Å². The zero-order chi connectivity index (χ0) is 61.8. The number of unbranched alkanes of at least 4 members (excludes halogenated alkanes) is 25. The predicted molar refractivity (Wildman–Crippen MR) is 331 cm³/mol. The van der Waals surface area contributed by atoms with Crippen LogP contribution >= 0.6 is 15.6 Å². The SMILES string of the molecule is CCC(C)CCCCCCCCCCCCC(=O)O[C@H](COC(=O)CCCCCCCCC(C)CC)COP(=O)(O)OC[C@H](O)COP(=O)(O)OC[C@@H](COC(=O)CCCCCCCCC(C)C)OC(=O)CCCCCCCCCC(C)C. The van der Waals surface area contributed by atoms with Crippen LogP contribution in [0.3, 0.4) is 0 Å². The van der Waals surface area contributed by atoms with Gasteiger partial charge >= 0.3 is 39.5 Å². The number of phosphoric acid groups is 2. The van der Waals surface area contributed by atoms with Gasteiger partial charge in [-0.15, -0.1) is 0 Å². The van der Waals surface area contributed by atoms with Gasteiger partial charge in [0, 0.05) is 25.7 Å². The normalized spacial score (nSPS) is 15.1. The summed E-state index contributed by atoms with van der Waals surface area (Å²) in [5.41, 5.74) is 0. The molecule has 0 aromatic carbocycles. The van der Waals surface area contributed by atoms with Crippen LogP contribution < -0.4 is 0 Å². The third-order valence-corrected chi connectivity index (χ3v) is 17.2. The van der Waals surface area contributed by atoms with E-state index in [1.54, 1.807) is 0 Å². The zero-order valence-electron chi connectivity index (χ0n) is 53.8. The Morgan fingerprint density at radius 3 is 0.855 bits per heavy atom. The molecule has 0 aliphatic heterocycles. The van der Waals surface area contributed by atoms with Crippen molar-refractivity contribution in [3.8, 4) is 0 Å². The molecule has 83 heavy (non-hydrogen) atoms. The third-order valence-electron chi connectivity index (χ3n) is 15.3. The standard InChI is InChI=1S/C64H124O17P2/c1-9-56(7)42-34-26-17-13-11-12-14-18-30-38-46-63(68)80-59(51-75-62(67)45-37-29-23-21-27-35-43-57(8)10-2)52-78-82(70,71)76-48-58(65)49-77-83(72,73)79-53-60(50-74-61(66)44-36-28-22-20-25-33-41-55(5)6)81-64(69)47-39-31-19-15-16-24-32-40-54(3)4/h54-60,65H,9-53H2,1-8H3,(H,70,71)(H,72,73)/t56?,57?,58-,59+,60+/m0/s1. The highest BCUT2D eigenvalue weighted by molar-refractivity contribution is 7.47. The van der Waals surface area contributed by atoms with Crippen molar-refractivity contribution in [2.45, 2.75) is 324 Å². The van der Waals surface area contributed by atoms with Crippen LogP contribution in [0.1, 0.15) is 306 Å². The van der Waals surface area contributed by atoms with Crippen LogP contribution in [-0.4, -0.2) is 96.7 Å². The smallest absolute Gasteiger partial charge is 0.462 e. The fourth-order valence-electron chi connectivity index (χ4n) is 9.36. The fraction of sp³-hybridized carbons (Fsp3) is 0.938. The second-order valence-electron chi connectivity index (χ2n) is 24.6. The molecular formula is C64H124O17P2. The summed E-state index contributed by atoms with van der Waals surface area (Å²) < 4.78 is 68.0. The first-order chi connectivity index (χ1) is 39.7. The van der Waals surface area contributed by atoms with Crippen LogP contribution in [0.5, 0.6) is 0 Å². The van der Waals surface area contributed by atoms with Crippen LogP contribution in [0.4, 0.5) is 0 Å². The maximum Gasteiger partial charge on any atom is 0.472 e. The summed E-state index contributed by atoms with van der Waals surface area (Å²) in [6.07, 6.45) is 33.6. The van der Waals surface area contributed by atoms with E-state index in [2.05, 4.69) is 55.4 Å². The van der Waals surface area contributed by atoms with E-state index >= 15 is 0 Å².